The van der Waals surface area contributed by atoms with Gasteiger partial charge in [-0.05, 0) is 38.5 Å². The van der Waals surface area contributed by atoms with Crippen molar-refractivity contribution in [3.63, 3.8) is 0 Å². The quantitative estimate of drug-likeness (QED) is 0.127. The summed E-state index contributed by atoms with van der Waals surface area (Å²) < 4.78 is 11.3. The van der Waals surface area contributed by atoms with Gasteiger partial charge in [0.2, 0.25) is 0 Å². The van der Waals surface area contributed by atoms with Gasteiger partial charge >= 0.3 is 11.9 Å². The van der Waals surface area contributed by atoms with Crippen molar-refractivity contribution in [1.82, 2.24) is 0 Å². The minimum atomic E-state index is -0.116. The number of carbonyl (C=O) groups is 2. The first-order chi connectivity index (χ1) is 13.6. The van der Waals surface area contributed by atoms with Gasteiger partial charge in [0.1, 0.15) is 12.2 Å². The Labute approximate surface area is 223 Å². The molecule has 0 aromatic heterocycles. The van der Waals surface area contributed by atoms with Gasteiger partial charge in [0.05, 0.1) is 0 Å². The monoisotopic (exact) mass is 437 g/mol. The van der Waals surface area contributed by atoms with Gasteiger partial charge < -0.3 is 9.47 Å². The van der Waals surface area contributed by atoms with Crippen molar-refractivity contribution in [1.29, 1.82) is 0 Å². The summed E-state index contributed by atoms with van der Waals surface area (Å²) in [7, 11) is 0. The second-order valence-corrected chi connectivity index (χ2v) is 8.00. The molecule has 0 aliphatic rings. The van der Waals surface area contributed by atoms with Crippen LogP contribution in [-0.4, -0.2) is 75.5 Å². The van der Waals surface area contributed by atoms with E-state index in [2.05, 4.69) is 27.7 Å². The Morgan fingerprint density at radius 3 is 1.07 bits per heavy atom. The van der Waals surface area contributed by atoms with Crippen LogP contribution >= 0.6 is 0 Å². The van der Waals surface area contributed by atoms with E-state index in [1.54, 1.807) is 0 Å². The van der Waals surface area contributed by atoms with E-state index >= 15 is 0 Å². The maximum atomic E-state index is 12.1. The molecule has 0 aromatic rings. The van der Waals surface area contributed by atoms with Crippen LogP contribution in [0.25, 0.3) is 0 Å². The Bertz CT molecular complexity index is 335. The number of hydrogen-bond donors (Lipinski definition) is 0. The molecule has 0 rings (SSSR count). The van der Waals surface area contributed by atoms with E-state index in [9.17, 15) is 9.59 Å². The van der Waals surface area contributed by atoms with Crippen LogP contribution in [0.15, 0.2) is 0 Å². The number of rotatable bonds is 19. The van der Waals surface area contributed by atoms with E-state index in [0.29, 0.717) is 25.7 Å². The van der Waals surface area contributed by atoms with E-state index in [0.717, 1.165) is 77.0 Å². The normalized spacial score (nSPS) is 10.8. The summed E-state index contributed by atoms with van der Waals surface area (Å²) in [6, 6.07) is 0. The summed E-state index contributed by atoms with van der Waals surface area (Å²) in [5, 5.41) is 0. The van der Waals surface area contributed by atoms with Crippen molar-refractivity contribution >= 4 is 63.3 Å². The van der Waals surface area contributed by atoms with Crippen LogP contribution < -0.4 is 0 Å². The predicted octanol–water partition coefficient (Wildman–Crippen LogP) is 6.75. The molecule has 4 nitrogen and oxygen atoms in total. The molecule has 5 heteroatoms. The molecule has 0 unspecified atom stereocenters. The maximum absolute atomic E-state index is 12.1. The Hall–Kier alpha value is 0.576. The zero-order valence-electron chi connectivity index (χ0n) is 20.1. The van der Waals surface area contributed by atoms with Crippen LogP contribution in [-0.2, 0) is 19.1 Å². The van der Waals surface area contributed by atoms with E-state index < -0.39 is 0 Å². The van der Waals surface area contributed by atoms with E-state index in [4.69, 9.17) is 9.47 Å². The van der Waals surface area contributed by atoms with Crippen molar-refractivity contribution in [3.05, 3.63) is 0 Å². The molecule has 0 aliphatic heterocycles. The van der Waals surface area contributed by atoms with Gasteiger partial charge in [-0.1, -0.05) is 79.1 Å². The van der Waals surface area contributed by atoms with E-state index in [1.807, 2.05) is 0 Å². The third kappa shape index (κ3) is 20.2. The van der Waals surface area contributed by atoms with Crippen molar-refractivity contribution in [2.24, 2.45) is 0 Å². The summed E-state index contributed by atoms with van der Waals surface area (Å²) in [6.45, 7) is 8.64. The Kier molecular flexibility index (Phi) is 25.5. The Morgan fingerprint density at radius 1 is 0.552 bits per heavy atom. The molecule has 0 fully saturated rings. The van der Waals surface area contributed by atoms with Crippen molar-refractivity contribution < 1.29 is 19.1 Å². The second-order valence-electron chi connectivity index (χ2n) is 8.00. The first-order valence-electron chi connectivity index (χ1n) is 12.0. The molecule has 0 N–H and O–H groups in total. The fraction of sp³-hybridized carbons (Fsp3) is 0.917. The van der Waals surface area contributed by atoms with Crippen LogP contribution in [0.1, 0.15) is 130 Å². The Morgan fingerprint density at radius 2 is 0.828 bits per heavy atom. The molecule has 0 bridgehead atoms. The SMILES string of the molecule is CCCCC(CCCC)OC(=O)CCCCC(=O)OC(CCCC)CCCC.[K]. The molecule has 0 saturated heterocycles. The van der Waals surface area contributed by atoms with Crippen molar-refractivity contribution in [2.75, 3.05) is 0 Å². The van der Waals surface area contributed by atoms with Crippen LogP contribution in [0.3, 0.4) is 0 Å². The molecule has 0 aliphatic carbocycles. The number of unbranched alkanes of at least 4 members (excludes halogenated alkanes) is 5. The zero-order valence-corrected chi connectivity index (χ0v) is 23.2. The fourth-order valence-corrected chi connectivity index (χ4v) is 3.28. The topological polar surface area (TPSA) is 52.6 Å². The molecule has 0 saturated carbocycles. The van der Waals surface area contributed by atoms with Gasteiger partial charge in [0.15, 0.2) is 0 Å². The van der Waals surface area contributed by atoms with Gasteiger partial charge in [-0.2, -0.15) is 0 Å². The zero-order chi connectivity index (χ0) is 21.0. The third-order valence-electron chi connectivity index (χ3n) is 5.13. The first-order valence-corrected chi connectivity index (χ1v) is 12.0. The number of hydrogen-bond acceptors (Lipinski definition) is 4. The molecule has 29 heavy (non-hydrogen) atoms. The van der Waals surface area contributed by atoms with Crippen molar-refractivity contribution in [3.8, 4) is 0 Å². The smallest absolute Gasteiger partial charge is 0.306 e. The summed E-state index contributed by atoms with van der Waals surface area (Å²) in [6.07, 6.45) is 15.1. The average Bonchev–Trinajstić information content (AvgIpc) is 2.69. The molecular weight excluding hydrogens is 391 g/mol. The van der Waals surface area contributed by atoms with Gasteiger partial charge in [-0.3, -0.25) is 9.59 Å². The third-order valence-corrected chi connectivity index (χ3v) is 5.13. The first kappa shape index (κ1) is 31.8. The molecule has 167 valence electrons. The van der Waals surface area contributed by atoms with Crippen molar-refractivity contribution in [2.45, 2.75) is 143 Å². The minimum Gasteiger partial charge on any atom is -0.462 e. The maximum Gasteiger partial charge on any atom is 0.306 e. The number of carbonyl (C=O) groups excluding carboxylic acids is 2. The van der Waals surface area contributed by atoms with Gasteiger partial charge in [-0.15, -0.1) is 0 Å². The van der Waals surface area contributed by atoms with Crippen LogP contribution in [0.4, 0.5) is 0 Å². The average molecular weight is 438 g/mol. The van der Waals surface area contributed by atoms with Gasteiger partial charge in [0, 0.05) is 64.2 Å². The fourth-order valence-electron chi connectivity index (χ4n) is 3.28. The molecule has 0 spiro atoms. The predicted molar refractivity (Wildman–Crippen MR) is 122 cm³/mol. The largest absolute Gasteiger partial charge is 0.462 e. The number of esters is 2. The summed E-state index contributed by atoms with van der Waals surface area (Å²) >= 11 is 0. The van der Waals surface area contributed by atoms with Crippen LogP contribution in [0.2, 0.25) is 0 Å². The molecule has 0 atom stereocenters. The minimum absolute atomic E-state index is 0. The molecular formula is C24H46KO4. The molecule has 0 aromatic carbocycles. The molecule has 1 radical (unpaired) electrons. The summed E-state index contributed by atoms with van der Waals surface area (Å²) in [5.41, 5.74) is 0. The van der Waals surface area contributed by atoms with E-state index in [1.165, 1.54) is 0 Å². The van der Waals surface area contributed by atoms with Crippen LogP contribution in [0.5, 0.6) is 0 Å². The molecule has 0 heterocycles. The molecule has 0 amide bonds. The summed E-state index contributed by atoms with van der Waals surface area (Å²) in [5.74, 6) is -0.233. The number of ether oxygens (including phenoxy) is 2. The van der Waals surface area contributed by atoms with Crippen LogP contribution in [0, 0.1) is 0 Å². The van der Waals surface area contributed by atoms with E-state index in [-0.39, 0.29) is 75.5 Å². The standard InChI is InChI=1S/C24H46O4.K/c1-5-9-15-21(16-10-6-2)27-23(25)19-13-14-20-24(26)28-22(17-11-7-3)18-12-8-4;/h21-22H,5-20H2,1-4H3;. The summed E-state index contributed by atoms with van der Waals surface area (Å²) in [4.78, 5) is 24.2. The Balaban J connectivity index is 0. The van der Waals surface area contributed by atoms with Gasteiger partial charge in [0.25, 0.3) is 0 Å². The van der Waals surface area contributed by atoms with Gasteiger partial charge in [-0.25, -0.2) is 0 Å². The second kappa shape index (κ2) is 23.2.